The van der Waals surface area contributed by atoms with E-state index in [1.165, 1.54) is 9.80 Å². The number of aliphatic hydroxyl groups is 1. The number of methoxy groups -OCH3 is 1. The van der Waals surface area contributed by atoms with Crippen molar-refractivity contribution in [3.05, 3.63) is 49.6 Å². The van der Waals surface area contributed by atoms with Crippen LogP contribution in [0.15, 0.2) is 49.6 Å². The van der Waals surface area contributed by atoms with E-state index in [1.807, 2.05) is 13.8 Å². The van der Waals surface area contributed by atoms with Crippen LogP contribution in [0.2, 0.25) is 0 Å². The molecule has 10 heteroatoms. The van der Waals surface area contributed by atoms with Crippen LogP contribution in [-0.2, 0) is 19.1 Å². The van der Waals surface area contributed by atoms with Gasteiger partial charge in [0.25, 0.3) is 5.91 Å². The normalized spacial score (nSPS) is 29.8. The summed E-state index contributed by atoms with van der Waals surface area (Å²) in [7, 11) is 3.24. The first kappa shape index (κ1) is 29.3. The Kier molecular flexibility index (Phi) is 8.58. The van der Waals surface area contributed by atoms with Crippen molar-refractivity contribution in [2.45, 2.75) is 48.9 Å². The monoisotopic (exact) mass is 603 g/mol. The number of carbonyl (C=O) groups excluding carboxylic acids is 3. The Bertz CT molecular complexity index is 1130. The third kappa shape index (κ3) is 4.70. The average Bonchev–Trinajstić information content (AvgIpc) is 3.50. The number of aliphatic hydroxyl groups excluding tert-OH is 1. The standard InChI is InChI=1S/C29H38BrN3O6/c1-7-13-31(5)26(35)22-23-27(36)33(21(16-34)17(3)4)25(29(23)15-20(30)24(22)39-29)28(37)32(14-8-2)18-9-11-19(38-6)12-10-18/h7-12,17,20-25,34H,1-2,13-16H2,3-6H3/t20?,21-,22-,23-,24-,25?,29?/m0/s1. The highest BCUT2D eigenvalue weighted by Crippen LogP contribution is 2.61. The Morgan fingerprint density at radius 1 is 1.23 bits per heavy atom. The van der Waals surface area contributed by atoms with E-state index in [1.54, 1.807) is 55.5 Å². The van der Waals surface area contributed by atoms with Crippen molar-refractivity contribution in [2.24, 2.45) is 17.8 Å². The molecule has 0 aliphatic carbocycles. The van der Waals surface area contributed by atoms with Gasteiger partial charge in [-0.15, -0.1) is 13.2 Å². The van der Waals surface area contributed by atoms with Crippen molar-refractivity contribution >= 4 is 39.3 Å². The van der Waals surface area contributed by atoms with Crippen LogP contribution in [0.3, 0.4) is 0 Å². The number of benzene rings is 1. The van der Waals surface area contributed by atoms with Gasteiger partial charge >= 0.3 is 0 Å². The molecule has 3 aliphatic heterocycles. The number of hydrogen-bond donors (Lipinski definition) is 1. The molecule has 2 bridgehead atoms. The number of ether oxygens (including phenoxy) is 2. The summed E-state index contributed by atoms with van der Waals surface area (Å²) in [4.78, 5) is 47.0. The van der Waals surface area contributed by atoms with E-state index in [-0.39, 0.29) is 41.6 Å². The molecule has 1 spiro atoms. The molecule has 7 atom stereocenters. The van der Waals surface area contributed by atoms with Gasteiger partial charge in [-0.25, -0.2) is 0 Å². The van der Waals surface area contributed by atoms with Gasteiger partial charge in [0.1, 0.15) is 17.4 Å². The number of hydrogen-bond acceptors (Lipinski definition) is 6. The summed E-state index contributed by atoms with van der Waals surface area (Å²) < 4.78 is 11.9. The number of rotatable bonds is 11. The molecule has 1 N–H and O–H groups in total. The van der Waals surface area contributed by atoms with Gasteiger partial charge in [0, 0.05) is 30.7 Å². The van der Waals surface area contributed by atoms with Crippen molar-refractivity contribution in [3.63, 3.8) is 0 Å². The van der Waals surface area contributed by atoms with Gasteiger partial charge in [-0.1, -0.05) is 41.9 Å². The predicted octanol–water partition coefficient (Wildman–Crippen LogP) is 2.62. The molecule has 0 saturated carbocycles. The number of fused-ring (bicyclic) bond motifs is 1. The summed E-state index contributed by atoms with van der Waals surface area (Å²) in [6.07, 6.45) is 3.08. The number of likely N-dealkylation sites (N-methyl/N-ethyl adjacent to an activating group) is 1. The van der Waals surface area contributed by atoms with Crippen molar-refractivity contribution < 1.29 is 29.0 Å². The lowest BCUT2D eigenvalue weighted by Crippen LogP contribution is -2.60. The van der Waals surface area contributed by atoms with Crippen LogP contribution >= 0.6 is 15.9 Å². The average molecular weight is 605 g/mol. The van der Waals surface area contributed by atoms with Crippen LogP contribution in [-0.4, -0.2) is 95.1 Å². The predicted molar refractivity (Wildman–Crippen MR) is 152 cm³/mol. The van der Waals surface area contributed by atoms with Crippen LogP contribution in [0, 0.1) is 17.8 Å². The van der Waals surface area contributed by atoms with E-state index in [4.69, 9.17) is 9.47 Å². The fourth-order valence-corrected chi connectivity index (χ4v) is 7.45. The highest BCUT2D eigenvalue weighted by Gasteiger charge is 2.77. The maximum absolute atomic E-state index is 14.6. The van der Waals surface area contributed by atoms with Gasteiger partial charge in [0.2, 0.25) is 11.8 Å². The first-order valence-corrected chi connectivity index (χ1v) is 14.2. The Labute approximate surface area is 238 Å². The molecule has 3 saturated heterocycles. The second kappa shape index (κ2) is 11.4. The van der Waals surface area contributed by atoms with Crippen molar-refractivity contribution in [2.75, 3.05) is 38.8 Å². The fourth-order valence-electron chi connectivity index (χ4n) is 6.51. The number of halogens is 1. The molecule has 0 aromatic heterocycles. The van der Waals surface area contributed by atoms with E-state index < -0.39 is 35.6 Å². The zero-order valence-corrected chi connectivity index (χ0v) is 24.5. The highest BCUT2D eigenvalue weighted by molar-refractivity contribution is 9.09. The summed E-state index contributed by atoms with van der Waals surface area (Å²) in [5, 5.41) is 10.4. The number of nitrogens with zero attached hydrogens (tertiary/aromatic N) is 3. The van der Waals surface area contributed by atoms with E-state index in [2.05, 4.69) is 29.1 Å². The van der Waals surface area contributed by atoms with Crippen LogP contribution in [0.25, 0.3) is 0 Å². The topological polar surface area (TPSA) is 99.6 Å². The molecule has 1 aromatic rings. The molecule has 3 fully saturated rings. The van der Waals surface area contributed by atoms with E-state index in [0.29, 0.717) is 24.4 Å². The smallest absolute Gasteiger partial charge is 0.253 e. The fraction of sp³-hybridized carbons (Fsp3) is 0.552. The first-order chi connectivity index (χ1) is 18.6. The number of carbonyl (C=O) groups is 3. The number of anilines is 1. The molecule has 4 rings (SSSR count). The second-order valence-electron chi connectivity index (χ2n) is 10.8. The summed E-state index contributed by atoms with van der Waals surface area (Å²) in [6.45, 7) is 11.6. The zero-order valence-electron chi connectivity index (χ0n) is 23.0. The molecule has 3 aliphatic rings. The third-order valence-corrected chi connectivity index (χ3v) is 9.15. The summed E-state index contributed by atoms with van der Waals surface area (Å²) in [5.74, 6) is -2.01. The molecule has 3 amide bonds. The van der Waals surface area contributed by atoms with Gasteiger partial charge in [0.05, 0.1) is 37.7 Å². The van der Waals surface area contributed by atoms with Crippen molar-refractivity contribution in [1.82, 2.24) is 9.80 Å². The van der Waals surface area contributed by atoms with E-state index >= 15 is 0 Å². The lowest BCUT2D eigenvalue weighted by molar-refractivity contribution is -0.147. The summed E-state index contributed by atoms with van der Waals surface area (Å²) >= 11 is 3.70. The van der Waals surface area contributed by atoms with Crippen LogP contribution in [0.4, 0.5) is 5.69 Å². The summed E-state index contributed by atoms with van der Waals surface area (Å²) in [6, 6.07) is 5.41. The van der Waals surface area contributed by atoms with Gasteiger partial charge in [-0.3, -0.25) is 14.4 Å². The Balaban J connectivity index is 1.84. The molecule has 9 nitrogen and oxygen atoms in total. The largest absolute Gasteiger partial charge is 0.497 e. The van der Waals surface area contributed by atoms with E-state index in [9.17, 15) is 19.5 Å². The van der Waals surface area contributed by atoms with Crippen molar-refractivity contribution in [3.8, 4) is 5.75 Å². The lowest BCUT2D eigenvalue weighted by atomic mass is 9.70. The second-order valence-corrected chi connectivity index (χ2v) is 12.0. The quantitative estimate of drug-likeness (QED) is 0.308. The Morgan fingerprint density at radius 2 is 1.87 bits per heavy atom. The molecule has 0 radical (unpaired) electrons. The maximum Gasteiger partial charge on any atom is 0.253 e. The lowest BCUT2D eigenvalue weighted by Gasteiger charge is -2.40. The van der Waals surface area contributed by atoms with Gasteiger partial charge in [-0.2, -0.15) is 0 Å². The summed E-state index contributed by atoms with van der Waals surface area (Å²) in [5.41, 5.74) is -0.615. The van der Waals surface area contributed by atoms with Gasteiger partial charge in [0.15, 0.2) is 0 Å². The minimum atomic E-state index is -1.23. The van der Waals surface area contributed by atoms with Crippen LogP contribution in [0.5, 0.6) is 5.75 Å². The number of likely N-dealkylation sites (tertiary alicyclic amines) is 1. The zero-order chi connectivity index (χ0) is 28.6. The molecule has 1 aromatic carbocycles. The van der Waals surface area contributed by atoms with Crippen LogP contribution in [0.1, 0.15) is 20.3 Å². The van der Waals surface area contributed by atoms with Gasteiger partial charge in [-0.05, 0) is 36.6 Å². The van der Waals surface area contributed by atoms with Crippen molar-refractivity contribution in [1.29, 1.82) is 0 Å². The highest BCUT2D eigenvalue weighted by atomic mass is 79.9. The molecule has 3 heterocycles. The minimum absolute atomic E-state index is 0.145. The van der Waals surface area contributed by atoms with Crippen LogP contribution < -0.4 is 9.64 Å². The van der Waals surface area contributed by atoms with E-state index in [0.717, 1.165) is 0 Å². The molecule has 39 heavy (non-hydrogen) atoms. The molecule has 212 valence electrons. The molecular weight excluding hydrogens is 566 g/mol. The number of amides is 3. The van der Waals surface area contributed by atoms with Gasteiger partial charge < -0.3 is 29.3 Å². The number of alkyl halides is 1. The maximum atomic E-state index is 14.6. The molecule has 3 unspecified atom stereocenters. The molecular formula is C29H38BrN3O6. The minimum Gasteiger partial charge on any atom is -0.497 e. The Hall–Kier alpha value is -2.69. The first-order valence-electron chi connectivity index (χ1n) is 13.2. The SMILES string of the molecule is C=CCN(C)C(=O)[C@H]1[C@H]2C(=O)N([C@@H](CO)C(C)C)C(C(=O)N(CC=C)c3ccc(OC)cc3)C23CC(Br)[C@@H]1O3. The Morgan fingerprint density at radius 3 is 2.41 bits per heavy atom. The third-order valence-electron chi connectivity index (χ3n) is 8.30.